The van der Waals surface area contributed by atoms with Crippen LogP contribution in [0.4, 0.5) is 0 Å². The number of carboxylic acid groups (broad SMARTS) is 1. The number of hydrogen-bond donors (Lipinski definition) is 1. The molecule has 0 saturated carbocycles. The van der Waals surface area contributed by atoms with E-state index < -0.39 is 16.2 Å². The van der Waals surface area contributed by atoms with Crippen molar-refractivity contribution in [2.24, 2.45) is 0 Å². The number of aliphatic carboxylic acids is 1. The number of alkyl halides is 2. The Balaban J connectivity index is 2.80. The Labute approximate surface area is 127 Å². The van der Waals surface area contributed by atoms with Crippen LogP contribution < -0.4 is 4.74 Å². The highest BCUT2D eigenvalue weighted by molar-refractivity contribution is 8.00. The Morgan fingerprint density at radius 3 is 2.68 bits per heavy atom. The van der Waals surface area contributed by atoms with E-state index in [0.717, 1.165) is 17.7 Å². The quantitative estimate of drug-likeness (QED) is 0.563. The van der Waals surface area contributed by atoms with Crippen LogP contribution in [0.15, 0.2) is 29.2 Å². The van der Waals surface area contributed by atoms with Gasteiger partial charge in [0.1, 0.15) is 11.0 Å². The lowest BCUT2D eigenvalue weighted by molar-refractivity contribution is -0.136. The maximum absolute atomic E-state index is 11.2. The van der Waals surface area contributed by atoms with E-state index in [1.165, 1.54) is 11.8 Å². The van der Waals surface area contributed by atoms with E-state index in [0.29, 0.717) is 12.2 Å². The molecule has 19 heavy (non-hydrogen) atoms. The van der Waals surface area contributed by atoms with E-state index >= 15 is 0 Å². The number of carboxylic acids is 1. The number of para-hydroxylation sites is 1. The van der Waals surface area contributed by atoms with Gasteiger partial charge in [0.25, 0.3) is 0 Å². The molecule has 0 aromatic heterocycles. The third-order valence-corrected chi connectivity index (χ3v) is 3.92. The Kier molecular flexibility index (Phi) is 7.42. The number of rotatable bonds is 8. The van der Waals surface area contributed by atoms with Gasteiger partial charge in [0, 0.05) is 0 Å². The van der Waals surface area contributed by atoms with Crippen molar-refractivity contribution in [3.05, 3.63) is 24.3 Å². The highest BCUT2D eigenvalue weighted by atomic mass is 35.5. The smallest absolute Gasteiger partial charge is 0.316 e. The summed E-state index contributed by atoms with van der Waals surface area (Å²) in [6, 6.07) is 7.14. The number of ether oxygens (including phenoxy) is 1. The molecule has 1 aromatic rings. The van der Waals surface area contributed by atoms with E-state index in [4.69, 9.17) is 27.9 Å². The summed E-state index contributed by atoms with van der Waals surface area (Å²) < 4.78 is 5.25. The summed E-state index contributed by atoms with van der Waals surface area (Å²) in [5.41, 5.74) is 0. The predicted octanol–water partition coefficient (Wildman–Crippen LogP) is 4.56. The van der Waals surface area contributed by atoms with Crippen molar-refractivity contribution in [2.45, 2.75) is 41.4 Å². The predicted molar refractivity (Wildman–Crippen MR) is 79.4 cm³/mol. The van der Waals surface area contributed by atoms with Crippen molar-refractivity contribution >= 4 is 40.9 Å². The Morgan fingerprint density at radius 2 is 2.11 bits per heavy atom. The first-order valence-corrected chi connectivity index (χ1v) is 7.73. The van der Waals surface area contributed by atoms with Crippen LogP contribution in [0, 0.1) is 0 Å². The summed E-state index contributed by atoms with van der Waals surface area (Å²) in [7, 11) is 0. The molecule has 3 nitrogen and oxygen atoms in total. The molecule has 6 heteroatoms. The average Bonchev–Trinajstić information content (AvgIpc) is 2.35. The second-order valence-corrected chi connectivity index (χ2v) is 6.17. The second kappa shape index (κ2) is 8.56. The molecule has 0 amide bonds. The van der Waals surface area contributed by atoms with Crippen LogP contribution in [-0.2, 0) is 4.79 Å². The van der Waals surface area contributed by atoms with Crippen LogP contribution in [0.3, 0.4) is 0 Å². The molecule has 106 valence electrons. The number of thioether (sulfide) groups is 1. The first-order valence-electron chi connectivity index (χ1n) is 5.98. The fourth-order valence-corrected chi connectivity index (χ4v) is 2.79. The summed E-state index contributed by atoms with van der Waals surface area (Å²) >= 11 is 12.4. The summed E-state index contributed by atoms with van der Waals surface area (Å²) in [5, 5.41) is 7.76. The molecule has 0 saturated heterocycles. The molecule has 1 aromatic carbocycles. The Bertz CT molecular complexity index is 413. The topological polar surface area (TPSA) is 46.5 Å². The van der Waals surface area contributed by atoms with Gasteiger partial charge in [0.05, 0.1) is 4.90 Å². The van der Waals surface area contributed by atoms with Gasteiger partial charge in [-0.3, -0.25) is 4.79 Å². The van der Waals surface area contributed by atoms with Crippen molar-refractivity contribution in [3.63, 3.8) is 0 Å². The van der Waals surface area contributed by atoms with E-state index in [2.05, 4.69) is 0 Å². The van der Waals surface area contributed by atoms with Crippen LogP contribution >= 0.6 is 35.0 Å². The minimum atomic E-state index is -0.972. The summed E-state index contributed by atoms with van der Waals surface area (Å²) in [5.74, 6) is -0.313. The Hall–Kier alpha value is -0.580. The zero-order valence-corrected chi connectivity index (χ0v) is 12.8. The van der Waals surface area contributed by atoms with Gasteiger partial charge in [-0.25, -0.2) is 0 Å². The first kappa shape index (κ1) is 16.5. The molecule has 0 radical (unpaired) electrons. The van der Waals surface area contributed by atoms with Crippen LogP contribution in [0.1, 0.15) is 26.2 Å². The van der Waals surface area contributed by atoms with Crippen molar-refractivity contribution in [1.82, 2.24) is 0 Å². The third-order valence-electron chi connectivity index (χ3n) is 2.43. The molecule has 0 aliphatic carbocycles. The SMILES string of the molecule is CCCCC(Sc1ccccc1OC(Cl)Cl)C(=O)O. The van der Waals surface area contributed by atoms with Gasteiger partial charge >= 0.3 is 5.97 Å². The van der Waals surface area contributed by atoms with E-state index in [1.54, 1.807) is 18.2 Å². The number of hydrogen-bond acceptors (Lipinski definition) is 3. The second-order valence-electron chi connectivity index (χ2n) is 3.91. The standard InChI is InChI=1S/C13H16Cl2O3S/c1-2-3-7-11(12(16)17)19-10-8-5-4-6-9(10)18-13(14)15/h4-6,8,11,13H,2-3,7H2,1H3,(H,16,17). The monoisotopic (exact) mass is 322 g/mol. The number of halogens is 2. The largest absolute Gasteiger partial charge is 0.480 e. The maximum Gasteiger partial charge on any atom is 0.316 e. The molecule has 0 fully saturated rings. The van der Waals surface area contributed by atoms with Gasteiger partial charge in [-0.2, -0.15) is 0 Å². The number of carbonyl (C=O) groups is 1. The summed E-state index contributed by atoms with van der Waals surface area (Å²) in [4.78, 5) is 12.0. The van der Waals surface area contributed by atoms with E-state index in [9.17, 15) is 9.90 Å². The third kappa shape index (κ3) is 5.93. The fraction of sp³-hybridized carbons (Fsp3) is 0.462. The van der Waals surface area contributed by atoms with Crippen molar-refractivity contribution in [2.75, 3.05) is 0 Å². The molecule has 1 rings (SSSR count). The molecule has 1 unspecified atom stereocenters. The first-order chi connectivity index (χ1) is 9.04. The highest BCUT2D eigenvalue weighted by Gasteiger charge is 2.20. The van der Waals surface area contributed by atoms with Crippen LogP contribution in [0.2, 0.25) is 0 Å². The molecular formula is C13H16Cl2O3S. The minimum Gasteiger partial charge on any atom is -0.480 e. The van der Waals surface area contributed by atoms with Crippen molar-refractivity contribution in [1.29, 1.82) is 0 Å². The number of unbranched alkanes of at least 4 members (excludes halogenated alkanes) is 1. The lowest BCUT2D eigenvalue weighted by atomic mass is 10.2. The lowest BCUT2D eigenvalue weighted by Gasteiger charge is -2.15. The van der Waals surface area contributed by atoms with Gasteiger partial charge < -0.3 is 9.84 Å². The fourth-order valence-electron chi connectivity index (χ4n) is 1.52. The van der Waals surface area contributed by atoms with Crippen LogP contribution in [0.25, 0.3) is 0 Å². The van der Waals surface area contributed by atoms with Gasteiger partial charge in [-0.15, -0.1) is 11.8 Å². The molecule has 0 bridgehead atoms. The zero-order chi connectivity index (χ0) is 14.3. The molecule has 0 spiro atoms. The van der Waals surface area contributed by atoms with Crippen molar-refractivity contribution < 1.29 is 14.6 Å². The molecule has 0 heterocycles. The molecule has 0 aliphatic heterocycles. The Morgan fingerprint density at radius 1 is 1.42 bits per heavy atom. The molecule has 1 N–H and O–H groups in total. The summed E-state index contributed by atoms with van der Waals surface area (Å²) in [6.07, 6.45) is 2.46. The molecular weight excluding hydrogens is 307 g/mol. The van der Waals surface area contributed by atoms with Crippen LogP contribution in [-0.4, -0.2) is 21.3 Å². The minimum absolute atomic E-state index is 0.492. The maximum atomic E-state index is 11.2. The van der Waals surface area contributed by atoms with Crippen molar-refractivity contribution in [3.8, 4) is 5.75 Å². The van der Waals surface area contributed by atoms with Gasteiger partial charge in [-0.1, -0.05) is 55.1 Å². The summed E-state index contributed by atoms with van der Waals surface area (Å²) in [6.45, 7) is 2.03. The lowest BCUT2D eigenvalue weighted by Crippen LogP contribution is -2.16. The van der Waals surface area contributed by atoms with Gasteiger partial charge in [0.2, 0.25) is 5.02 Å². The van der Waals surface area contributed by atoms with E-state index in [1.807, 2.05) is 13.0 Å². The zero-order valence-electron chi connectivity index (χ0n) is 10.5. The molecule has 0 aliphatic rings. The van der Waals surface area contributed by atoms with Gasteiger partial charge in [0.15, 0.2) is 0 Å². The molecule has 1 atom stereocenters. The highest BCUT2D eigenvalue weighted by Crippen LogP contribution is 2.35. The van der Waals surface area contributed by atoms with E-state index in [-0.39, 0.29) is 0 Å². The van der Waals surface area contributed by atoms with Crippen LogP contribution in [0.5, 0.6) is 5.75 Å². The number of benzene rings is 1. The average molecular weight is 323 g/mol. The normalized spacial score (nSPS) is 12.4. The van der Waals surface area contributed by atoms with Gasteiger partial charge in [-0.05, 0) is 18.6 Å².